The van der Waals surface area contributed by atoms with Crippen molar-refractivity contribution in [2.75, 3.05) is 20.2 Å². The van der Waals surface area contributed by atoms with Crippen LogP contribution in [0.1, 0.15) is 28.1 Å². The maximum atomic E-state index is 12.3. The first-order valence-electron chi connectivity index (χ1n) is 6.04. The van der Waals surface area contributed by atoms with Crippen LogP contribution in [0.25, 0.3) is 0 Å². The van der Waals surface area contributed by atoms with E-state index in [0.717, 1.165) is 29.8 Å². The number of methoxy groups -OCH3 is 1. The van der Waals surface area contributed by atoms with Gasteiger partial charge in [-0.25, -0.2) is 0 Å². The highest BCUT2D eigenvalue weighted by Crippen LogP contribution is 2.23. The third-order valence-corrected chi connectivity index (χ3v) is 4.30. The number of rotatable bonds is 2. The third kappa shape index (κ3) is 2.56. The van der Waals surface area contributed by atoms with E-state index in [1.54, 1.807) is 4.90 Å². The minimum atomic E-state index is -0.213. The molecule has 0 unspecified atom stereocenters. The van der Waals surface area contributed by atoms with E-state index >= 15 is 0 Å². The molecule has 4 nitrogen and oxygen atoms in total. The van der Waals surface area contributed by atoms with Crippen LogP contribution < -0.4 is 0 Å². The summed E-state index contributed by atoms with van der Waals surface area (Å²) in [7, 11) is 1.40. The SMILES string of the molecule is COC(=O)[C@H]1CCCN(C(=O)c2sccc2C)C1. The number of aryl methyl sites for hydroxylation is 1. The second kappa shape index (κ2) is 5.52. The van der Waals surface area contributed by atoms with Crippen molar-refractivity contribution in [2.24, 2.45) is 5.92 Å². The van der Waals surface area contributed by atoms with Crippen molar-refractivity contribution >= 4 is 23.2 Å². The summed E-state index contributed by atoms with van der Waals surface area (Å²) < 4.78 is 4.76. The summed E-state index contributed by atoms with van der Waals surface area (Å²) >= 11 is 1.46. The quantitative estimate of drug-likeness (QED) is 0.771. The maximum Gasteiger partial charge on any atom is 0.310 e. The van der Waals surface area contributed by atoms with Crippen LogP contribution >= 0.6 is 11.3 Å². The van der Waals surface area contributed by atoms with Gasteiger partial charge in [-0.1, -0.05) is 0 Å². The highest BCUT2D eigenvalue weighted by Gasteiger charge is 2.30. The van der Waals surface area contributed by atoms with E-state index in [4.69, 9.17) is 4.74 Å². The average Bonchev–Trinajstić information content (AvgIpc) is 2.83. The van der Waals surface area contributed by atoms with E-state index in [-0.39, 0.29) is 17.8 Å². The lowest BCUT2D eigenvalue weighted by atomic mass is 9.98. The van der Waals surface area contributed by atoms with Gasteiger partial charge in [0.25, 0.3) is 5.91 Å². The van der Waals surface area contributed by atoms with E-state index < -0.39 is 0 Å². The van der Waals surface area contributed by atoms with Crippen molar-refractivity contribution in [3.8, 4) is 0 Å². The van der Waals surface area contributed by atoms with Crippen molar-refractivity contribution in [1.82, 2.24) is 4.90 Å². The monoisotopic (exact) mass is 267 g/mol. The first kappa shape index (κ1) is 13.1. The molecular weight excluding hydrogens is 250 g/mol. The number of carbonyl (C=O) groups is 2. The van der Waals surface area contributed by atoms with E-state index in [2.05, 4.69) is 0 Å². The number of thiophene rings is 1. The van der Waals surface area contributed by atoms with Crippen LogP contribution in [0.3, 0.4) is 0 Å². The Kier molecular flexibility index (Phi) is 4.01. The number of hydrogen-bond donors (Lipinski definition) is 0. The second-order valence-electron chi connectivity index (χ2n) is 4.55. The molecule has 0 N–H and O–H groups in total. The molecule has 0 spiro atoms. The fraction of sp³-hybridized carbons (Fsp3) is 0.538. The molecule has 98 valence electrons. The van der Waals surface area contributed by atoms with E-state index in [9.17, 15) is 9.59 Å². The Hall–Kier alpha value is -1.36. The van der Waals surface area contributed by atoms with Crippen molar-refractivity contribution in [3.63, 3.8) is 0 Å². The summed E-state index contributed by atoms with van der Waals surface area (Å²) in [6.07, 6.45) is 1.66. The van der Waals surface area contributed by atoms with Crippen LogP contribution in [0.4, 0.5) is 0 Å². The van der Waals surface area contributed by atoms with Gasteiger partial charge in [0, 0.05) is 13.1 Å². The van der Waals surface area contributed by atoms with Gasteiger partial charge in [0.15, 0.2) is 0 Å². The molecule has 0 aromatic carbocycles. The lowest BCUT2D eigenvalue weighted by molar-refractivity contribution is -0.146. The molecule has 1 aromatic heterocycles. The number of nitrogens with zero attached hydrogens (tertiary/aromatic N) is 1. The van der Waals surface area contributed by atoms with Crippen molar-refractivity contribution < 1.29 is 14.3 Å². The number of ether oxygens (including phenoxy) is 1. The number of esters is 1. The zero-order valence-corrected chi connectivity index (χ0v) is 11.5. The Balaban J connectivity index is 2.07. The summed E-state index contributed by atoms with van der Waals surface area (Å²) in [4.78, 5) is 26.4. The summed E-state index contributed by atoms with van der Waals surface area (Å²) in [5.74, 6) is -0.348. The average molecular weight is 267 g/mol. The van der Waals surface area contributed by atoms with E-state index in [1.165, 1.54) is 18.4 Å². The van der Waals surface area contributed by atoms with E-state index in [0.29, 0.717) is 6.54 Å². The number of carbonyl (C=O) groups excluding carboxylic acids is 2. The molecule has 1 amide bonds. The molecule has 0 aliphatic carbocycles. The molecule has 1 aliphatic heterocycles. The largest absolute Gasteiger partial charge is 0.469 e. The Morgan fingerprint density at radius 1 is 1.50 bits per heavy atom. The molecule has 1 aromatic rings. The Labute approximate surface area is 111 Å². The van der Waals surface area contributed by atoms with Crippen LogP contribution in [0.15, 0.2) is 11.4 Å². The molecule has 1 saturated heterocycles. The van der Waals surface area contributed by atoms with Crippen LogP contribution in [-0.2, 0) is 9.53 Å². The first-order chi connectivity index (χ1) is 8.63. The molecule has 0 radical (unpaired) electrons. The fourth-order valence-electron chi connectivity index (χ4n) is 2.26. The third-order valence-electron chi connectivity index (χ3n) is 3.30. The highest BCUT2D eigenvalue weighted by molar-refractivity contribution is 7.12. The summed E-state index contributed by atoms with van der Waals surface area (Å²) in [6.45, 7) is 3.14. The number of hydrogen-bond acceptors (Lipinski definition) is 4. The molecule has 0 bridgehead atoms. The predicted octanol–water partition coefficient (Wildman–Crippen LogP) is 2.08. The van der Waals surface area contributed by atoms with Gasteiger partial charge in [-0.3, -0.25) is 9.59 Å². The number of likely N-dealkylation sites (tertiary alicyclic amines) is 1. The van der Waals surface area contributed by atoms with Gasteiger partial charge in [0.1, 0.15) is 0 Å². The van der Waals surface area contributed by atoms with Crippen LogP contribution in [0.2, 0.25) is 0 Å². The van der Waals surface area contributed by atoms with Gasteiger partial charge in [0.2, 0.25) is 0 Å². The molecule has 2 rings (SSSR count). The summed E-state index contributed by atoms with van der Waals surface area (Å²) in [5, 5.41) is 1.92. The van der Waals surface area contributed by atoms with E-state index in [1.807, 2.05) is 18.4 Å². The number of amides is 1. The van der Waals surface area contributed by atoms with Crippen LogP contribution in [0, 0.1) is 12.8 Å². The standard InChI is InChI=1S/C13H17NO3S/c1-9-5-7-18-11(9)12(15)14-6-3-4-10(8-14)13(16)17-2/h5,7,10H,3-4,6,8H2,1-2H3/t10-/m0/s1. The Bertz CT molecular complexity index is 455. The maximum absolute atomic E-state index is 12.3. The van der Waals surface area contributed by atoms with Gasteiger partial charge in [0.05, 0.1) is 17.9 Å². The Morgan fingerprint density at radius 3 is 2.89 bits per heavy atom. The van der Waals surface area contributed by atoms with Crippen molar-refractivity contribution in [2.45, 2.75) is 19.8 Å². The Morgan fingerprint density at radius 2 is 2.28 bits per heavy atom. The number of piperidine rings is 1. The van der Waals surface area contributed by atoms with Gasteiger partial charge in [-0.2, -0.15) is 0 Å². The first-order valence-corrected chi connectivity index (χ1v) is 6.92. The molecule has 1 fully saturated rings. The minimum Gasteiger partial charge on any atom is -0.469 e. The predicted molar refractivity (Wildman–Crippen MR) is 69.7 cm³/mol. The molecule has 1 aliphatic rings. The second-order valence-corrected chi connectivity index (χ2v) is 5.46. The molecule has 5 heteroatoms. The normalized spacial score (nSPS) is 19.7. The molecule has 0 saturated carbocycles. The molecule has 2 heterocycles. The lowest BCUT2D eigenvalue weighted by Gasteiger charge is -2.31. The smallest absolute Gasteiger partial charge is 0.310 e. The van der Waals surface area contributed by atoms with Gasteiger partial charge in [-0.15, -0.1) is 11.3 Å². The van der Waals surface area contributed by atoms with Gasteiger partial charge in [-0.05, 0) is 36.8 Å². The van der Waals surface area contributed by atoms with Crippen molar-refractivity contribution in [3.05, 3.63) is 21.9 Å². The zero-order valence-electron chi connectivity index (χ0n) is 10.6. The van der Waals surface area contributed by atoms with Gasteiger partial charge < -0.3 is 9.64 Å². The molecule has 1 atom stereocenters. The minimum absolute atomic E-state index is 0.0381. The zero-order chi connectivity index (χ0) is 13.1. The van der Waals surface area contributed by atoms with Crippen LogP contribution in [-0.4, -0.2) is 37.0 Å². The van der Waals surface area contributed by atoms with Crippen LogP contribution in [0.5, 0.6) is 0 Å². The lowest BCUT2D eigenvalue weighted by Crippen LogP contribution is -2.42. The van der Waals surface area contributed by atoms with Crippen molar-refractivity contribution in [1.29, 1.82) is 0 Å². The molecular formula is C13H17NO3S. The highest BCUT2D eigenvalue weighted by atomic mass is 32.1. The summed E-state index contributed by atoms with van der Waals surface area (Å²) in [6, 6.07) is 1.94. The van der Waals surface area contributed by atoms with Gasteiger partial charge >= 0.3 is 5.97 Å². The topological polar surface area (TPSA) is 46.6 Å². The summed E-state index contributed by atoms with van der Waals surface area (Å²) in [5.41, 5.74) is 1.00. The fourth-order valence-corrected chi connectivity index (χ4v) is 3.15. The molecule has 18 heavy (non-hydrogen) atoms.